The van der Waals surface area contributed by atoms with E-state index in [4.69, 9.17) is 0 Å². The molecule has 2 N–H and O–H groups in total. The van der Waals surface area contributed by atoms with E-state index in [1.807, 2.05) is 0 Å². The summed E-state index contributed by atoms with van der Waals surface area (Å²) < 4.78 is 0. The van der Waals surface area contributed by atoms with Crippen molar-refractivity contribution in [2.45, 2.75) is 64.5 Å². The summed E-state index contributed by atoms with van der Waals surface area (Å²) in [7, 11) is 0. The lowest BCUT2D eigenvalue weighted by Gasteiger charge is -2.30. The molecule has 3 heteroatoms. The van der Waals surface area contributed by atoms with E-state index in [0.717, 1.165) is 19.4 Å². The summed E-state index contributed by atoms with van der Waals surface area (Å²) in [4.78, 5) is 12.1. The van der Waals surface area contributed by atoms with Crippen LogP contribution in [0.15, 0.2) is 0 Å². The zero-order valence-corrected chi connectivity index (χ0v) is 10.5. The van der Waals surface area contributed by atoms with E-state index in [1.54, 1.807) is 0 Å². The number of nitrogens with one attached hydrogen (secondary N) is 2. The first-order chi connectivity index (χ1) is 7.59. The van der Waals surface area contributed by atoms with Crippen molar-refractivity contribution in [1.82, 2.24) is 10.6 Å². The van der Waals surface area contributed by atoms with Gasteiger partial charge < -0.3 is 10.6 Å². The number of amides is 1. The molecule has 0 spiro atoms. The van der Waals surface area contributed by atoms with E-state index in [-0.39, 0.29) is 17.4 Å². The lowest BCUT2D eigenvalue weighted by molar-refractivity contribution is -0.125. The van der Waals surface area contributed by atoms with Crippen LogP contribution in [0, 0.1) is 5.41 Å². The van der Waals surface area contributed by atoms with Crippen molar-refractivity contribution >= 4 is 5.91 Å². The normalized spacial score (nSPS) is 33.6. The predicted molar refractivity (Wildman–Crippen MR) is 65.2 cm³/mol. The van der Waals surface area contributed by atoms with Gasteiger partial charge >= 0.3 is 0 Å². The first kappa shape index (κ1) is 11.9. The molecule has 2 aliphatic rings. The Balaban J connectivity index is 1.86. The summed E-state index contributed by atoms with van der Waals surface area (Å²) in [5.74, 6) is 0.222. The molecule has 1 saturated carbocycles. The van der Waals surface area contributed by atoms with Crippen molar-refractivity contribution in [3.63, 3.8) is 0 Å². The van der Waals surface area contributed by atoms with Gasteiger partial charge in [0.1, 0.15) is 0 Å². The molecule has 1 aliphatic heterocycles. The molecule has 16 heavy (non-hydrogen) atoms. The number of hydrogen-bond acceptors (Lipinski definition) is 2. The molecule has 2 fully saturated rings. The maximum atomic E-state index is 12.1. The molecule has 2 atom stereocenters. The maximum absolute atomic E-state index is 12.1. The van der Waals surface area contributed by atoms with Gasteiger partial charge in [-0.25, -0.2) is 0 Å². The van der Waals surface area contributed by atoms with Crippen molar-refractivity contribution in [1.29, 1.82) is 0 Å². The Kier molecular flexibility index (Phi) is 3.53. The van der Waals surface area contributed by atoms with Gasteiger partial charge in [-0.2, -0.15) is 0 Å². The second-order valence-electron chi connectivity index (χ2n) is 5.94. The fourth-order valence-electron chi connectivity index (χ4n) is 2.94. The molecule has 2 rings (SSSR count). The van der Waals surface area contributed by atoms with E-state index in [0.29, 0.717) is 6.04 Å². The molecule has 1 aliphatic carbocycles. The minimum absolute atomic E-state index is 0.0603. The van der Waals surface area contributed by atoms with Crippen LogP contribution in [-0.2, 0) is 4.79 Å². The van der Waals surface area contributed by atoms with Crippen molar-refractivity contribution in [3.8, 4) is 0 Å². The third kappa shape index (κ3) is 2.57. The second kappa shape index (κ2) is 4.74. The Morgan fingerprint density at radius 3 is 2.62 bits per heavy atom. The van der Waals surface area contributed by atoms with Crippen LogP contribution in [0.1, 0.15) is 52.4 Å². The fourth-order valence-corrected chi connectivity index (χ4v) is 2.94. The summed E-state index contributed by atoms with van der Waals surface area (Å²) in [6, 6.07) is 0.439. The Morgan fingerprint density at radius 1 is 1.25 bits per heavy atom. The van der Waals surface area contributed by atoms with Crippen LogP contribution in [0.4, 0.5) is 0 Å². The van der Waals surface area contributed by atoms with Crippen molar-refractivity contribution in [2.24, 2.45) is 5.41 Å². The molecule has 92 valence electrons. The molecule has 3 nitrogen and oxygen atoms in total. The molecule has 2 unspecified atom stereocenters. The Hall–Kier alpha value is -0.570. The Morgan fingerprint density at radius 2 is 2.06 bits per heavy atom. The summed E-state index contributed by atoms with van der Waals surface area (Å²) in [6.07, 6.45) is 7.01. The van der Waals surface area contributed by atoms with Gasteiger partial charge in [0.05, 0.1) is 6.04 Å². The Bertz CT molecular complexity index is 257. The van der Waals surface area contributed by atoms with Crippen LogP contribution in [0.25, 0.3) is 0 Å². The predicted octanol–water partition coefficient (Wildman–Crippen LogP) is 1.82. The quantitative estimate of drug-likeness (QED) is 0.751. The van der Waals surface area contributed by atoms with Gasteiger partial charge in [-0.15, -0.1) is 0 Å². The number of carbonyl (C=O) groups is 1. The molecular weight excluding hydrogens is 200 g/mol. The molecule has 1 heterocycles. The highest BCUT2D eigenvalue weighted by Gasteiger charge is 2.36. The molecule has 0 radical (unpaired) electrons. The lowest BCUT2D eigenvalue weighted by Crippen LogP contribution is -2.51. The number of hydrogen-bond donors (Lipinski definition) is 2. The standard InChI is InChI=1S/C13H24N2O/c1-13(2)8-5-7-11(13)15-12(16)10-6-3-4-9-14-10/h10-11,14H,3-9H2,1-2H3,(H,15,16). The van der Waals surface area contributed by atoms with Gasteiger partial charge in [0.2, 0.25) is 5.91 Å². The topological polar surface area (TPSA) is 41.1 Å². The molecule has 0 aromatic carbocycles. The highest BCUT2D eigenvalue weighted by atomic mass is 16.2. The summed E-state index contributed by atoms with van der Waals surface area (Å²) >= 11 is 0. The lowest BCUT2D eigenvalue weighted by atomic mass is 9.87. The Labute approximate surface area is 98.4 Å². The van der Waals surface area contributed by atoms with Crippen molar-refractivity contribution < 1.29 is 4.79 Å². The van der Waals surface area contributed by atoms with Crippen LogP contribution in [0.3, 0.4) is 0 Å². The van der Waals surface area contributed by atoms with E-state index in [9.17, 15) is 4.79 Å². The average Bonchev–Trinajstić information content (AvgIpc) is 2.59. The summed E-state index contributed by atoms with van der Waals surface area (Å²) in [5, 5.41) is 6.55. The minimum atomic E-state index is 0.0603. The second-order valence-corrected chi connectivity index (χ2v) is 5.94. The van der Waals surface area contributed by atoms with Crippen LogP contribution in [0.5, 0.6) is 0 Å². The van der Waals surface area contributed by atoms with Gasteiger partial charge in [0.15, 0.2) is 0 Å². The zero-order chi connectivity index (χ0) is 11.6. The first-order valence-corrected chi connectivity index (χ1v) is 6.63. The maximum Gasteiger partial charge on any atom is 0.237 e. The summed E-state index contributed by atoms with van der Waals surface area (Å²) in [6.45, 7) is 5.52. The highest BCUT2D eigenvalue weighted by Crippen LogP contribution is 2.37. The highest BCUT2D eigenvalue weighted by molar-refractivity contribution is 5.82. The summed E-state index contributed by atoms with van der Waals surface area (Å²) in [5.41, 5.74) is 0.282. The largest absolute Gasteiger partial charge is 0.351 e. The van der Waals surface area contributed by atoms with E-state index in [1.165, 1.54) is 25.7 Å². The van der Waals surface area contributed by atoms with Crippen molar-refractivity contribution in [2.75, 3.05) is 6.54 Å². The number of rotatable bonds is 2. The van der Waals surface area contributed by atoms with Gasteiger partial charge in [0.25, 0.3) is 0 Å². The van der Waals surface area contributed by atoms with Crippen LogP contribution < -0.4 is 10.6 Å². The fraction of sp³-hybridized carbons (Fsp3) is 0.923. The van der Waals surface area contributed by atoms with Gasteiger partial charge in [0, 0.05) is 6.04 Å². The zero-order valence-electron chi connectivity index (χ0n) is 10.5. The molecule has 1 amide bonds. The van der Waals surface area contributed by atoms with Crippen molar-refractivity contribution in [3.05, 3.63) is 0 Å². The molecule has 0 aromatic heterocycles. The third-order valence-electron chi connectivity index (χ3n) is 4.20. The van der Waals surface area contributed by atoms with Crippen LogP contribution in [-0.4, -0.2) is 24.5 Å². The average molecular weight is 224 g/mol. The molecule has 1 saturated heterocycles. The van der Waals surface area contributed by atoms with Gasteiger partial charge in [-0.05, 0) is 37.6 Å². The third-order valence-corrected chi connectivity index (χ3v) is 4.20. The van der Waals surface area contributed by atoms with E-state index < -0.39 is 0 Å². The number of piperidine rings is 1. The first-order valence-electron chi connectivity index (χ1n) is 6.63. The SMILES string of the molecule is CC1(C)CCCC1NC(=O)C1CCCCN1. The molecule has 0 aromatic rings. The minimum Gasteiger partial charge on any atom is -0.351 e. The van der Waals surface area contributed by atoms with Gasteiger partial charge in [-0.1, -0.05) is 26.7 Å². The molecule has 0 bridgehead atoms. The van der Waals surface area contributed by atoms with E-state index in [2.05, 4.69) is 24.5 Å². The molecular formula is C13H24N2O. The smallest absolute Gasteiger partial charge is 0.237 e. The van der Waals surface area contributed by atoms with Crippen LogP contribution in [0.2, 0.25) is 0 Å². The monoisotopic (exact) mass is 224 g/mol. The van der Waals surface area contributed by atoms with Crippen LogP contribution >= 0.6 is 0 Å². The van der Waals surface area contributed by atoms with Gasteiger partial charge in [-0.3, -0.25) is 4.79 Å². The number of carbonyl (C=O) groups excluding carboxylic acids is 1. The van der Waals surface area contributed by atoms with E-state index >= 15 is 0 Å².